The molecule has 0 aliphatic heterocycles. The van der Waals surface area contributed by atoms with E-state index in [4.69, 9.17) is 0 Å². The van der Waals surface area contributed by atoms with Crippen LogP contribution in [-0.4, -0.2) is 14.1 Å². The van der Waals surface area contributed by atoms with Gasteiger partial charge in [0.1, 0.15) is 5.82 Å². The highest BCUT2D eigenvalue weighted by molar-refractivity contribution is 6.09. The number of nitrogens with zero attached hydrogens (tertiary/aromatic N) is 3. The number of hydrogen-bond acceptors (Lipinski definition) is 1. The van der Waals surface area contributed by atoms with Crippen LogP contribution in [0.1, 0.15) is 11.1 Å². The molecule has 3 nitrogen and oxygen atoms in total. The summed E-state index contributed by atoms with van der Waals surface area (Å²) in [6.07, 6.45) is 4.90. The van der Waals surface area contributed by atoms with Crippen molar-refractivity contribution in [2.75, 3.05) is 0 Å². The summed E-state index contributed by atoms with van der Waals surface area (Å²) < 4.78 is 4.58. The number of rotatable bonds is 3. The highest BCUT2D eigenvalue weighted by atomic mass is 15.1. The lowest BCUT2D eigenvalue weighted by Gasteiger charge is -2.12. The van der Waals surface area contributed by atoms with Crippen LogP contribution in [0.3, 0.4) is 0 Å². The summed E-state index contributed by atoms with van der Waals surface area (Å²) in [4.78, 5) is 4.67. The van der Waals surface area contributed by atoms with Crippen molar-refractivity contribution < 1.29 is 0 Å². The summed E-state index contributed by atoms with van der Waals surface area (Å²) in [5.41, 5.74) is 11.3. The third-order valence-electron chi connectivity index (χ3n) is 7.65. The van der Waals surface area contributed by atoms with Crippen LogP contribution in [0, 0.1) is 0 Å². The van der Waals surface area contributed by atoms with Crippen molar-refractivity contribution in [1.29, 1.82) is 0 Å². The molecule has 0 N–H and O–H groups in total. The first-order valence-electron chi connectivity index (χ1n) is 12.7. The van der Waals surface area contributed by atoms with Gasteiger partial charge in [0, 0.05) is 40.1 Å². The Morgan fingerprint density at radius 1 is 0.568 bits per heavy atom. The Kier molecular flexibility index (Phi) is 4.29. The lowest BCUT2D eigenvalue weighted by Crippen LogP contribution is -1.97. The highest BCUT2D eigenvalue weighted by Crippen LogP contribution is 2.41. The quantitative estimate of drug-likeness (QED) is 0.253. The molecule has 0 atom stereocenters. The fourth-order valence-corrected chi connectivity index (χ4v) is 5.95. The molecule has 0 radical (unpaired) electrons. The SMILES string of the molecule is c1ccc(-c2nccn2-c2ccc3c(c2)-c2cc(-n4c5ccccc5c5ccccc54)ccc2C3)cc1. The van der Waals surface area contributed by atoms with E-state index in [1.807, 2.05) is 12.3 Å². The van der Waals surface area contributed by atoms with Gasteiger partial charge in [-0.25, -0.2) is 4.98 Å². The molecule has 1 aliphatic rings. The van der Waals surface area contributed by atoms with Gasteiger partial charge in [0.05, 0.1) is 11.0 Å². The van der Waals surface area contributed by atoms with Crippen LogP contribution in [0.2, 0.25) is 0 Å². The molecular formula is C34H23N3. The van der Waals surface area contributed by atoms with Crippen molar-refractivity contribution in [3.63, 3.8) is 0 Å². The van der Waals surface area contributed by atoms with E-state index in [2.05, 4.69) is 130 Å². The Hall–Kier alpha value is -4.89. The minimum absolute atomic E-state index is 0.956. The standard InChI is InChI=1S/C34H23N3/c1-2-8-23(9-3-1)34-35-18-19-36(34)26-16-14-24-20-25-15-17-27(22-31(25)30(24)21-26)37-32-12-6-4-10-28(32)29-11-5-7-13-33(29)37/h1-19,21-22H,20H2. The van der Waals surface area contributed by atoms with Gasteiger partial charge in [-0.15, -0.1) is 0 Å². The summed E-state index contributed by atoms with van der Waals surface area (Å²) in [6, 6.07) is 41.5. The molecule has 0 amide bonds. The lowest BCUT2D eigenvalue weighted by atomic mass is 10.0. The molecule has 0 saturated heterocycles. The van der Waals surface area contributed by atoms with Gasteiger partial charge < -0.3 is 4.57 Å². The Labute approximate surface area is 214 Å². The average Bonchev–Trinajstić information content (AvgIpc) is 3.67. The maximum absolute atomic E-state index is 4.67. The minimum Gasteiger partial charge on any atom is -0.309 e. The fourth-order valence-electron chi connectivity index (χ4n) is 5.95. The van der Waals surface area contributed by atoms with Crippen molar-refractivity contribution in [2.24, 2.45) is 0 Å². The molecule has 8 rings (SSSR count). The normalized spacial score (nSPS) is 12.2. The van der Waals surface area contributed by atoms with E-state index in [9.17, 15) is 0 Å². The summed E-state index contributed by atoms with van der Waals surface area (Å²) in [5.74, 6) is 0.956. The van der Waals surface area contributed by atoms with Gasteiger partial charge in [0.25, 0.3) is 0 Å². The maximum Gasteiger partial charge on any atom is 0.144 e. The van der Waals surface area contributed by atoms with Crippen LogP contribution in [0.15, 0.2) is 128 Å². The number of benzene rings is 5. The van der Waals surface area contributed by atoms with E-state index >= 15 is 0 Å². The molecule has 0 bridgehead atoms. The predicted octanol–water partition coefficient (Wildman–Crippen LogP) is 8.21. The predicted molar refractivity (Wildman–Crippen MR) is 152 cm³/mol. The number of hydrogen-bond donors (Lipinski definition) is 0. The molecule has 0 spiro atoms. The molecule has 2 aromatic heterocycles. The topological polar surface area (TPSA) is 22.8 Å². The molecular weight excluding hydrogens is 450 g/mol. The van der Waals surface area contributed by atoms with Crippen LogP contribution in [0.25, 0.3) is 55.7 Å². The van der Waals surface area contributed by atoms with Crippen LogP contribution in [0.4, 0.5) is 0 Å². The zero-order chi connectivity index (χ0) is 24.3. The van der Waals surface area contributed by atoms with Gasteiger partial charge in [-0.3, -0.25) is 4.57 Å². The summed E-state index contributed by atoms with van der Waals surface area (Å²) >= 11 is 0. The van der Waals surface area contributed by atoms with Crippen LogP contribution in [0.5, 0.6) is 0 Å². The first kappa shape index (κ1) is 20.3. The highest BCUT2D eigenvalue weighted by Gasteiger charge is 2.21. The summed E-state index contributed by atoms with van der Waals surface area (Å²) in [7, 11) is 0. The van der Waals surface area contributed by atoms with Crippen molar-refractivity contribution >= 4 is 21.8 Å². The van der Waals surface area contributed by atoms with Gasteiger partial charge in [-0.2, -0.15) is 0 Å². The number of para-hydroxylation sites is 2. The molecule has 3 heteroatoms. The van der Waals surface area contributed by atoms with Crippen molar-refractivity contribution in [3.8, 4) is 33.9 Å². The molecule has 37 heavy (non-hydrogen) atoms. The Morgan fingerprint density at radius 2 is 1.16 bits per heavy atom. The van der Waals surface area contributed by atoms with Crippen molar-refractivity contribution in [1.82, 2.24) is 14.1 Å². The third kappa shape index (κ3) is 3.04. The van der Waals surface area contributed by atoms with Gasteiger partial charge >= 0.3 is 0 Å². The Balaban J connectivity index is 1.29. The van der Waals surface area contributed by atoms with E-state index < -0.39 is 0 Å². The first-order valence-corrected chi connectivity index (χ1v) is 12.7. The second kappa shape index (κ2) is 7.81. The van der Waals surface area contributed by atoms with E-state index in [1.165, 1.54) is 49.7 Å². The monoisotopic (exact) mass is 473 g/mol. The van der Waals surface area contributed by atoms with Crippen molar-refractivity contribution in [2.45, 2.75) is 6.42 Å². The van der Waals surface area contributed by atoms with Gasteiger partial charge in [-0.1, -0.05) is 78.9 Å². The average molecular weight is 474 g/mol. The second-order valence-electron chi connectivity index (χ2n) is 9.72. The van der Waals surface area contributed by atoms with Crippen LogP contribution >= 0.6 is 0 Å². The summed E-state index contributed by atoms with van der Waals surface area (Å²) in [5, 5.41) is 2.57. The largest absolute Gasteiger partial charge is 0.309 e. The minimum atomic E-state index is 0.956. The maximum atomic E-state index is 4.67. The van der Waals surface area contributed by atoms with E-state index in [0.717, 1.165) is 23.5 Å². The van der Waals surface area contributed by atoms with Gasteiger partial charge in [-0.05, 0) is 65.1 Å². The Bertz CT molecular complexity index is 1900. The van der Waals surface area contributed by atoms with Gasteiger partial charge in [0.15, 0.2) is 0 Å². The molecule has 2 heterocycles. The molecule has 1 aliphatic carbocycles. The molecule has 0 fully saturated rings. The lowest BCUT2D eigenvalue weighted by molar-refractivity contribution is 1.07. The summed E-state index contributed by atoms with van der Waals surface area (Å²) in [6.45, 7) is 0. The number of fused-ring (bicyclic) bond motifs is 6. The van der Waals surface area contributed by atoms with E-state index in [0.29, 0.717) is 0 Å². The number of aromatic nitrogens is 3. The first-order chi connectivity index (χ1) is 18.3. The zero-order valence-corrected chi connectivity index (χ0v) is 20.2. The molecule has 174 valence electrons. The second-order valence-corrected chi connectivity index (χ2v) is 9.72. The number of imidazole rings is 1. The fraction of sp³-hybridized carbons (Fsp3) is 0.0294. The molecule has 0 saturated carbocycles. The van der Waals surface area contributed by atoms with Crippen molar-refractivity contribution in [3.05, 3.63) is 139 Å². The third-order valence-corrected chi connectivity index (χ3v) is 7.65. The zero-order valence-electron chi connectivity index (χ0n) is 20.2. The molecule has 5 aromatic carbocycles. The smallest absolute Gasteiger partial charge is 0.144 e. The van der Waals surface area contributed by atoms with Gasteiger partial charge in [0.2, 0.25) is 0 Å². The van der Waals surface area contributed by atoms with Crippen LogP contribution < -0.4 is 0 Å². The molecule has 7 aromatic rings. The Morgan fingerprint density at radius 3 is 1.86 bits per heavy atom. The van der Waals surface area contributed by atoms with E-state index in [-0.39, 0.29) is 0 Å². The van der Waals surface area contributed by atoms with Crippen LogP contribution in [-0.2, 0) is 6.42 Å². The molecule has 0 unspecified atom stereocenters. The van der Waals surface area contributed by atoms with E-state index in [1.54, 1.807) is 0 Å².